The Morgan fingerprint density at radius 2 is 0.426 bits per heavy atom. The largest absolute Gasteiger partial charge is 0.0804 e. The zero-order chi connectivity index (χ0) is 35.1. The minimum atomic E-state index is 0.517. The van der Waals surface area contributed by atoms with Gasteiger partial charge in [0.25, 0.3) is 0 Å². The van der Waals surface area contributed by atoms with Crippen molar-refractivity contribution in [2.24, 2.45) is 0 Å². The smallest absolute Gasteiger partial charge is 0.0332 e. The summed E-state index contributed by atoms with van der Waals surface area (Å²) in [6.45, 7) is 0. The first-order chi connectivity index (χ1) is 26.6. The molecule has 0 nitrogen and oxygen atoms in total. The maximum Gasteiger partial charge on any atom is 0.0332 e. The minimum Gasteiger partial charge on any atom is -0.0804 e. The lowest BCUT2D eigenvalue weighted by Crippen LogP contribution is -2.18. The fourth-order valence-corrected chi connectivity index (χ4v) is 14.4. The fourth-order valence-electron chi connectivity index (χ4n) is 13.1. The molecule has 0 heterocycles. The molecule has 0 N–H and O–H groups in total. The summed E-state index contributed by atoms with van der Waals surface area (Å²) in [6.07, 6.45) is 30.2. The second-order valence-corrected chi connectivity index (χ2v) is 19.8. The fraction of sp³-hybridized carbons (Fsp3) is 0.308. The van der Waals surface area contributed by atoms with E-state index >= 15 is 0 Å². The first kappa shape index (κ1) is 30.5. The molecule has 18 rings (SSSR count). The van der Waals surface area contributed by atoms with Crippen LogP contribution >= 0.6 is 31.9 Å². The van der Waals surface area contributed by atoms with Gasteiger partial charge in [-0.15, -0.1) is 0 Å². The molecule has 262 valence electrons. The lowest BCUT2D eigenvalue weighted by molar-refractivity contribution is 0.554. The van der Waals surface area contributed by atoms with Crippen molar-refractivity contribution in [3.05, 3.63) is 151 Å². The standard InChI is InChI=1S/C52H40Br2/c53-51-45-21-37-29-9-1-25(2-10-29)33(37)17-41(45)49(42-18-34-26-3-11-30(12-4-26)38(34)22-46(42)51)50-43-19-35-27-5-13-31(14-6-27)39(35)23-47(43)52(54)48-24-40-32-15-7-28(8-16-32)36(40)20-44(48)50/h1,3,5,7,9,11,13,15,17-32H,2,4,6,8,10,12,14,16H2. The average molecular weight is 825 g/mol. The van der Waals surface area contributed by atoms with E-state index in [2.05, 4.69) is 129 Å². The Morgan fingerprint density at radius 3 is 0.593 bits per heavy atom. The molecule has 0 radical (unpaired) electrons. The molecular formula is C52H40Br2. The van der Waals surface area contributed by atoms with Gasteiger partial charge in [0.1, 0.15) is 0 Å². The van der Waals surface area contributed by atoms with Crippen LogP contribution in [0.15, 0.2) is 106 Å². The van der Waals surface area contributed by atoms with Crippen LogP contribution in [-0.2, 0) is 0 Å². The third-order valence-electron chi connectivity index (χ3n) is 15.8. The molecule has 12 aliphatic carbocycles. The lowest BCUT2D eigenvalue weighted by Gasteiger charge is -2.36. The van der Waals surface area contributed by atoms with E-state index in [9.17, 15) is 0 Å². The molecule has 8 atom stereocenters. The van der Waals surface area contributed by atoms with Crippen LogP contribution in [0.3, 0.4) is 0 Å². The highest BCUT2D eigenvalue weighted by Gasteiger charge is 2.36. The average Bonchev–Trinajstić information content (AvgIpc) is 3.24. The molecule has 12 aliphatic rings. The number of fused-ring (bicyclic) bond motifs is 8. The van der Waals surface area contributed by atoms with Gasteiger partial charge < -0.3 is 0 Å². The number of hydrogen-bond donors (Lipinski definition) is 0. The first-order valence-electron chi connectivity index (χ1n) is 20.8. The monoisotopic (exact) mass is 822 g/mol. The summed E-state index contributed by atoms with van der Waals surface area (Å²) in [4.78, 5) is 0. The molecule has 8 bridgehead atoms. The predicted molar refractivity (Wildman–Crippen MR) is 233 cm³/mol. The van der Waals surface area contributed by atoms with Crippen LogP contribution in [0.4, 0.5) is 0 Å². The van der Waals surface area contributed by atoms with Gasteiger partial charge in [-0.1, -0.05) is 48.6 Å². The van der Waals surface area contributed by atoms with Gasteiger partial charge in [-0.05, 0) is 230 Å². The number of halogens is 2. The highest BCUT2D eigenvalue weighted by atomic mass is 79.9. The highest BCUT2D eigenvalue weighted by Crippen LogP contribution is 2.57. The number of allylic oxidation sites excluding steroid dienone is 8. The summed E-state index contributed by atoms with van der Waals surface area (Å²) < 4.78 is 2.56. The van der Waals surface area contributed by atoms with Gasteiger partial charge in [-0.25, -0.2) is 0 Å². The summed E-state index contributed by atoms with van der Waals surface area (Å²) in [5.41, 5.74) is 15.4. The normalized spacial score (nSPS) is 29.9. The van der Waals surface area contributed by atoms with Crippen LogP contribution in [0.5, 0.6) is 0 Å². The van der Waals surface area contributed by atoms with Crippen LogP contribution < -0.4 is 0 Å². The summed E-state index contributed by atoms with van der Waals surface area (Å²) in [6, 6.07) is 21.1. The highest BCUT2D eigenvalue weighted by molar-refractivity contribution is 9.11. The van der Waals surface area contributed by atoms with Crippen molar-refractivity contribution in [3.63, 3.8) is 0 Å². The third-order valence-corrected chi connectivity index (χ3v) is 17.5. The Bertz CT molecular complexity index is 2530. The zero-order valence-electron chi connectivity index (χ0n) is 30.3. The van der Waals surface area contributed by atoms with E-state index in [4.69, 9.17) is 0 Å². The summed E-state index contributed by atoms with van der Waals surface area (Å²) in [5, 5.41) is 11.2. The maximum atomic E-state index is 4.35. The van der Waals surface area contributed by atoms with Crippen LogP contribution in [0.2, 0.25) is 0 Å². The van der Waals surface area contributed by atoms with Crippen molar-refractivity contribution in [2.75, 3.05) is 0 Å². The quantitative estimate of drug-likeness (QED) is 0.114. The van der Waals surface area contributed by atoms with Crippen molar-refractivity contribution in [1.82, 2.24) is 0 Å². The van der Waals surface area contributed by atoms with E-state index in [0.29, 0.717) is 47.3 Å². The Kier molecular flexibility index (Phi) is 5.97. The Balaban J connectivity index is 1.20. The molecule has 8 unspecified atom stereocenters. The number of rotatable bonds is 1. The van der Waals surface area contributed by atoms with Crippen molar-refractivity contribution in [3.8, 4) is 11.1 Å². The van der Waals surface area contributed by atoms with Gasteiger partial charge in [0.05, 0.1) is 0 Å². The SMILES string of the molecule is Brc1c2cc3c(cc2c(-c2c4cc5c(cc4c(Br)c4cc6c(cc24)C2C=CC6CC2)C2C=CC5CC2)c2cc4c(cc12)C1C=CC4CC1)C1C=CC3CC1. The molecule has 0 fully saturated rings. The van der Waals surface area contributed by atoms with Crippen molar-refractivity contribution >= 4 is 74.9 Å². The molecule has 0 saturated heterocycles. The van der Waals surface area contributed by atoms with Crippen LogP contribution in [0.25, 0.3) is 54.2 Å². The van der Waals surface area contributed by atoms with Crippen molar-refractivity contribution in [2.45, 2.75) is 98.7 Å². The molecule has 0 saturated carbocycles. The second kappa shape index (κ2) is 10.6. The Hall–Kier alpha value is -3.72. The van der Waals surface area contributed by atoms with E-state index in [1.807, 2.05) is 0 Å². The second-order valence-electron chi connectivity index (χ2n) is 18.2. The zero-order valence-corrected chi connectivity index (χ0v) is 33.4. The van der Waals surface area contributed by atoms with Crippen molar-refractivity contribution in [1.29, 1.82) is 0 Å². The van der Waals surface area contributed by atoms with Crippen LogP contribution in [-0.4, -0.2) is 0 Å². The molecule has 0 aromatic heterocycles. The molecule has 6 aromatic carbocycles. The van der Waals surface area contributed by atoms with Crippen LogP contribution in [0, 0.1) is 0 Å². The molecule has 0 amide bonds. The topological polar surface area (TPSA) is 0 Å². The molecule has 2 heteroatoms. The van der Waals surface area contributed by atoms with Gasteiger partial charge in [0.15, 0.2) is 0 Å². The third kappa shape index (κ3) is 3.81. The van der Waals surface area contributed by atoms with E-state index in [-0.39, 0.29) is 0 Å². The predicted octanol–water partition coefficient (Wildman–Crippen LogP) is 15.6. The minimum absolute atomic E-state index is 0.517. The van der Waals surface area contributed by atoms with E-state index in [1.54, 1.807) is 44.5 Å². The Labute approximate surface area is 333 Å². The van der Waals surface area contributed by atoms with E-state index in [1.165, 1.54) is 115 Å². The van der Waals surface area contributed by atoms with Gasteiger partial charge in [0, 0.05) is 56.3 Å². The van der Waals surface area contributed by atoms with Gasteiger partial charge >= 0.3 is 0 Å². The summed E-state index contributed by atoms with van der Waals surface area (Å²) in [7, 11) is 0. The molecular weight excluding hydrogens is 784 g/mol. The first-order valence-corrected chi connectivity index (χ1v) is 22.4. The van der Waals surface area contributed by atoms with Crippen LogP contribution in [0.1, 0.15) is 143 Å². The van der Waals surface area contributed by atoms with E-state index < -0.39 is 0 Å². The van der Waals surface area contributed by atoms with Crippen molar-refractivity contribution < 1.29 is 0 Å². The summed E-state index contributed by atoms with van der Waals surface area (Å²) in [5.74, 6) is 4.19. The lowest BCUT2D eigenvalue weighted by atomic mass is 9.68. The molecule has 0 aliphatic heterocycles. The number of hydrogen-bond acceptors (Lipinski definition) is 0. The summed E-state index contributed by atoms with van der Waals surface area (Å²) >= 11 is 8.69. The molecule has 0 spiro atoms. The van der Waals surface area contributed by atoms with Gasteiger partial charge in [-0.3, -0.25) is 0 Å². The Morgan fingerprint density at radius 1 is 0.259 bits per heavy atom. The molecule has 6 aromatic rings. The van der Waals surface area contributed by atoms with E-state index in [0.717, 1.165) is 0 Å². The maximum absolute atomic E-state index is 4.35. The van der Waals surface area contributed by atoms with Gasteiger partial charge in [-0.2, -0.15) is 0 Å². The number of benzene rings is 6. The molecule has 54 heavy (non-hydrogen) atoms. The van der Waals surface area contributed by atoms with Gasteiger partial charge in [0.2, 0.25) is 0 Å².